The molecule has 0 bridgehead atoms. The molecule has 1 spiro atoms. The van der Waals surface area contributed by atoms with E-state index in [2.05, 4.69) is 27.7 Å². The van der Waals surface area contributed by atoms with Crippen LogP contribution in [0.15, 0.2) is 0 Å². The zero-order valence-electron chi connectivity index (χ0n) is 11.4. The van der Waals surface area contributed by atoms with Crippen LogP contribution in [0.25, 0.3) is 0 Å². The molecule has 17 heavy (non-hydrogen) atoms. The average molecular weight is 236 g/mol. The van der Waals surface area contributed by atoms with Crippen molar-refractivity contribution in [1.82, 2.24) is 0 Å². The van der Waals surface area contributed by atoms with E-state index in [0.29, 0.717) is 23.7 Å². The van der Waals surface area contributed by atoms with Gasteiger partial charge in [-0.05, 0) is 43.9 Å². The third-order valence-electron chi connectivity index (χ3n) is 6.43. The van der Waals surface area contributed by atoms with Gasteiger partial charge in [-0.2, -0.15) is 0 Å². The van der Waals surface area contributed by atoms with E-state index in [4.69, 9.17) is 9.47 Å². The highest BCUT2D eigenvalue weighted by atomic mass is 16.7. The maximum Gasteiger partial charge on any atom is 0.121 e. The molecule has 0 N–H and O–H groups in total. The lowest BCUT2D eigenvalue weighted by atomic mass is 9.59. The van der Waals surface area contributed by atoms with Crippen LogP contribution < -0.4 is 0 Å². The second-order valence-corrected chi connectivity index (χ2v) is 7.41. The summed E-state index contributed by atoms with van der Waals surface area (Å²) in [7, 11) is 0. The molecule has 2 aliphatic heterocycles. The molecule has 0 aromatic heterocycles. The minimum atomic E-state index is 0.0970. The van der Waals surface area contributed by atoms with Gasteiger partial charge in [-0.3, -0.25) is 0 Å². The summed E-state index contributed by atoms with van der Waals surface area (Å²) in [5.74, 6) is 2.45. The normalized spacial score (nSPS) is 63.7. The first-order valence-corrected chi connectivity index (χ1v) is 7.33. The molecule has 2 nitrogen and oxygen atoms in total. The van der Waals surface area contributed by atoms with E-state index in [9.17, 15) is 0 Å². The Labute approximate surface area is 104 Å². The van der Waals surface area contributed by atoms with E-state index in [1.54, 1.807) is 0 Å². The van der Waals surface area contributed by atoms with Gasteiger partial charge in [-0.1, -0.05) is 20.8 Å². The van der Waals surface area contributed by atoms with Crippen LogP contribution in [0.5, 0.6) is 0 Å². The second kappa shape index (κ2) is 2.91. The summed E-state index contributed by atoms with van der Waals surface area (Å²) in [5, 5.41) is 0. The highest BCUT2D eigenvalue weighted by molar-refractivity contribution is 5.26. The standard InChI is InChI=1S/C15H24O2/c1-8(2)10-6-5-9(3)15(10)7-11-14(4,17-11)12-13(15)16-12/h8-13H,5-7H2,1-4H3. The van der Waals surface area contributed by atoms with Crippen LogP contribution >= 0.6 is 0 Å². The number of hydrogen-bond acceptors (Lipinski definition) is 2. The molecule has 2 saturated heterocycles. The van der Waals surface area contributed by atoms with E-state index in [1.807, 2.05) is 0 Å². The molecule has 2 heterocycles. The molecular weight excluding hydrogens is 212 g/mol. The quantitative estimate of drug-likeness (QED) is 0.654. The van der Waals surface area contributed by atoms with Crippen molar-refractivity contribution in [2.75, 3.05) is 0 Å². The van der Waals surface area contributed by atoms with Crippen molar-refractivity contribution in [3.8, 4) is 0 Å². The fourth-order valence-corrected chi connectivity index (χ4v) is 5.29. The van der Waals surface area contributed by atoms with Gasteiger partial charge in [0.15, 0.2) is 0 Å². The van der Waals surface area contributed by atoms with Crippen LogP contribution in [0.2, 0.25) is 0 Å². The van der Waals surface area contributed by atoms with Crippen molar-refractivity contribution in [3.05, 3.63) is 0 Å². The summed E-state index contributed by atoms with van der Waals surface area (Å²) in [5.41, 5.74) is 0.541. The summed E-state index contributed by atoms with van der Waals surface area (Å²) in [4.78, 5) is 0. The van der Waals surface area contributed by atoms with E-state index in [0.717, 1.165) is 17.8 Å². The monoisotopic (exact) mass is 236 g/mol. The number of fused-ring (bicyclic) bond motifs is 4. The van der Waals surface area contributed by atoms with Crippen molar-refractivity contribution >= 4 is 0 Å². The molecule has 2 aliphatic carbocycles. The first-order chi connectivity index (χ1) is 8.00. The highest BCUT2D eigenvalue weighted by Crippen LogP contribution is 2.70. The second-order valence-electron chi connectivity index (χ2n) is 7.41. The van der Waals surface area contributed by atoms with Crippen molar-refractivity contribution < 1.29 is 9.47 Å². The Balaban J connectivity index is 1.72. The molecule has 2 heteroatoms. The molecule has 4 aliphatic rings. The molecule has 4 fully saturated rings. The van der Waals surface area contributed by atoms with E-state index < -0.39 is 0 Å². The molecule has 0 amide bonds. The van der Waals surface area contributed by atoms with Gasteiger partial charge < -0.3 is 9.47 Å². The first-order valence-electron chi connectivity index (χ1n) is 7.33. The summed E-state index contributed by atoms with van der Waals surface area (Å²) in [6.07, 6.45) is 5.47. The minimum Gasteiger partial charge on any atom is -0.366 e. The van der Waals surface area contributed by atoms with Crippen LogP contribution in [0.3, 0.4) is 0 Å². The summed E-state index contributed by atoms with van der Waals surface area (Å²) in [6.45, 7) is 9.48. The molecule has 2 saturated carbocycles. The van der Waals surface area contributed by atoms with Gasteiger partial charge in [-0.25, -0.2) is 0 Å². The maximum atomic E-state index is 6.10. The largest absolute Gasteiger partial charge is 0.366 e. The van der Waals surface area contributed by atoms with E-state index in [1.165, 1.54) is 19.3 Å². The average Bonchev–Trinajstić information content (AvgIpc) is 3.10. The van der Waals surface area contributed by atoms with E-state index >= 15 is 0 Å². The summed E-state index contributed by atoms with van der Waals surface area (Å²) >= 11 is 0. The van der Waals surface area contributed by atoms with Gasteiger partial charge in [-0.15, -0.1) is 0 Å². The molecule has 7 unspecified atom stereocenters. The Morgan fingerprint density at radius 1 is 1.18 bits per heavy atom. The molecule has 0 aromatic carbocycles. The highest BCUT2D eigenvalue weighted by Gasteiger charge is 2.79. The van der Waals surface area contributed by atoms with Crippen LogP contribution in [0, 0.1) is 23.2 Å². The third-order valence-corrected chi connectivity index (χ3v) is 6.43. The van der Waals surface area contributed by atoms with Gasteiger partial charge in [0, 0.05) is 5.41 Å². The van der Waals surface area contributed by atoms with Crippen molar-refractivity contribution in [1.29, 1.82) is 0 Å². The summed E-state index contributed by atoms with van der Waals surface area (Å²) in [6, 6.07) is 0. The Morgan fingerprint density at radius 3 is 2.65 bits per heavy atom. The van der Waals surface area contributed by atoms with Gasteiger partial charge in [0.05, 0.1) is 12.2 Å². The summed E-state index contributed by atoms with van der Waals surface area (Å²) < 4.78 is 12.1. The Morgan fingerprint density at radius 2 is 1.94 bits per heavy atom. The SMILES string of the molecule is CC(C)C1CCC(C)C12CC1OC1(C)C1OC12. The van der Waals surface area contributed by atoms with Crippen LogP contribution in [0.4, 0.5) is 0 Å². The topological polar surface area (TPSA) is 25.1 Å². The fourth-order valence-electron chi connectivity index (χ4n) is 5.29. The molecule has 0 aromatic rings. The van der Waals surface area contributed by atoms with Crippen molar-refractivity contribution in [2.45, 2.75) is 70.9 Å². The molecule has 96 valence electrons. The molecular formula is C15H24O2. The predicted molar refractivity (Wildman–Crippen MR) is 65.7 cm³/mol. The zero-order valence-corrected chi connectivity index (χ0v) is 11.4. The maximum absolute atomic E-state index is 6.10. The Kier molecular flexibility index (Phi) is 1.85. The predicted octanol–water partition coefficient (Wildman–Crippen LogP) is 3.00. The fraction of sp³-hybridized carbons (Fsp3) is 1.00. The zero-order chi connectivity index (χ0) is 12.0. The lowest BCUT2D eigenvalue weighted by Crippen LogP contribution is -2.46. The molecule has 0 radical (unpaired) electrons. The van der Waals surface area contributed by atoms with Gasteiger partial charge in [0.25, 0.3) is 0 Å². The smallest absolute Gasteiger partial charge is 0.121 e. The lowest BCUT2D eigenvalue weighted by molar-refractivity contribution is 0.0457. The number of rotatable bonds is 1. The van der Waals surface area contributed by atoms with Gasteiger partial charge in [0.1, 0.15) is 11.7 Å². The lowest BCUT2D eigenvalue weighted by Gasteiger charge is -2.42. The number of ether oxygens (including phenoxy) is 2. The first kappa shape index (κ1) is 10.8. The molecule has 4 rings (SSSR count). The van der Waals surface area contributed by atoms with Gasteiger partial charge in [0.2, 0.25) is 0 Å². The van der Waals surface area contributed by atoms with Crippen LogP contribution in [0.1, 0.15) is 47.0 Å². The molecule has 7 atom stereocenters. The third kappa shape index (κ3) is 1.10. The number of epoxide rings is 2. The van der Waals surface area contributed by atoms with Crippen molar-refractivity contribution in [2.24, 2.45) is 23.2 Å². The van der Waals surface area contributed by atoms with Crippen LogP contribution in [-0.2, 0) is 9.47 Å². The minimum absolute atomic E-state index is 0.0970. The number of hydrogen-bond donors (Lipinski definition) is 0. The van der Waals surface area contributed by atoms with Crippen molar-refractivity contribution in [3.63, 3.8) is 0 Å². The Bertz CT molecular complexity index is 366. The van der Waals surface area contributed by atoms with Crippen LogP contribution in [-0.4, -0.2) is 23.9 Å². The Hall–Kier alpha value is -0.0800. The van der Waals surface area contributed by atoms with E-state index in [-0.39, 0.29) is 5.60 Å². The van der Waals surface area contributed by atoms with Gasteiger partial charge >= 0.3 is 0 Å².